The van der Waals surface area contributed by atoms with Crippen molar-refractivity contribution in [3.63, 3.8) is 0 Å². The maximum Gasteiger partial charge on any atom is 0.379 e. The van der Waals surface area contributed by atoms with Crippen LogP contribution in [0.4, 0.5) is 14.5 Å². The second-order valence-electron chi connectivity index (χ2n) is 4.74. The van der Waals surface area contributed by atoms with Gasteiger partial charge in [-0.3, -0.25) is 0 Å². The Kier molecular flexibility index (Phi) is 6.11. The molecule has 0 aliphatic carbocycles. The molecule has 0 unspecified atom stereocenters. The van der Waals surface area contributed by atoms with Gasteiger partial charge in [0.25, 0.3) is 0 Å². The Morgan fingerprint density at radius 2 is 1.95 bits per heavy atom. The molecule has 0 amide bonds. The van der Waals surface area contributed by atoms with Crippen LogP contribution in [-0.2, 0) is 9.53 Å². The van der Waals surface area contributed by atoms with E-state index in [0.717, 1.165) is 0 Å². The van der Waals surface area contributed by atoms with Gasteiger partial charge in [-0.1, -0.05) is 6.07 Å². The zero-order valence-electron chi connectivity index (χ0n) is 13.0. The summed E-state index contributed by atoms with van der Waals surface area (Å²) in [5.74, 6) is -5.99. The van der Waals surface area contributed by atoms with Gasteiger partial charge in [0.2, 0.25) is 0 Å². The van der Waals surface area contributed by atoms with E-state index in [0.29, 0.717) is 18.8 Å². The zero-order chi connectivity index (χ0) is 16.9. The van der Waals surface area contributed by atoms with Crippen LogP contribution in [-0.4, -0.2) is 36.7 Å². The fourth-order valence-corrected chi connectivity index (χ4v) is 2.13. The predicted molar refractivity (Wildman–Crippen MR) is 80.2 cm³/mol. The van der Waals surface area contributed by atoms with Crippen LogP contribution in [0.25, 0.3) is 0 Å². The number of carbonyl (C=O) groups is 1. The molecule has 0 spiro atoms. The summed E-state index contributed by atoms with van der Waals surface area (Å²) in [6.07, 6.45) is 0. The lowest BCUT2D eigenvalue weighted by molar-refractivity contribution is -0.174. The topological polar surface area (TPSA) is 75.8 Å². The van der Waals surface area contributed by atoms with Crippen LogP contribution < -0.4 is 10.6 Å². The third-order valence-corrected chi connectivity index (χ3v) is 3.42. The molecule has 0 saturated heterocycles. The van der Waals surface area contributed by atoms with Crippen molar-refractivity contribution in [2.45, 2.75) is 32.7 Å². The number of carbonyl (C=O) groups excluding carboxylic acids is 1. The molecule has 0 fully saturated rings. The van der Waals surface area contributed by atoms with E-state index >= 15 is 0 Å². The maximum atomic E-state index is 13.9. The van der Waals surface area contributed by atoms with Crippen molar-refractivity contribution in [1.82, 2.24) is 0 Å². The van der Waals surface area contributed by atoms with Crippen LogP contribution in [0.2, 0.25) is 0 Å². The summed E-state index contributed by atoms with van der Waals surface area (Å²) in [6.45, 7) is 6.55. The number of rotatable bonds is 7. The molecule has 1 aromatic carbocycles. The van der Waals surface area contributed by atoms with E-state index in [1.54, 1.807) is 6.07 Å². The molecule has 22 heavy (non-hydrogen) atoms. The first-order valence-electron chi connectivity index (χ1n) is 7.17. The van der Waals surface area contributed by atoms with Gasteiger partial charge in [0.1, 0.15) is 11.8 Å². The highest BCUT2D eigenvalue weighted by Gasteiger charge is 2.48. The van der Waals surface area contributed by atoms with Crippen LogP contribution in [0.3, 0.4) is 0 Å². The number of halogens is 2. The van der Waals surface area contributed by atoms with E-state index in [2.05, 4.69) is 4.74 Å². The molecule has 0 bridgehead atoms. The van der Waals surface area contributed by atoms with E-state index in [1.165, 1.54) is 19.1 Å². The Hall–Kier alpha value is -1.89. The standard InChI is InChI=1S/C15H22F2N2O3/c1-4-19(5-2)10-7-8-11(12(20)9-10)13(18)15(16,17)14(21)22-6-3/h7-9,13,20H,4-6,18H2,1-3H3/t13-/m1/s1. The second kappa shape index (κ2) is 7.40. The Morgan fingerprint density at radius 1 is 1.36 bits per heavy atom. The molecular formula is C15H22F2N2O3. The number of phenols is 1. The van der Waals surface area contributed by atoms with Gasteiger partial charge < -0.3 is 20.5 Å². The third kappa shape index (κ3) is 3.65. The van der Waals surface area contributed by atoms with Crippen LogP contribution in [0.5, 0.6) is 5.75 Å². The molecule has 0 aromatic heterocycles. The van der Waals surface area contributed by atoms with E-state index in [4.69, 9.17) is 5.73 Å². The van der Waals surface area contributed by atoms with Gasteiger partial charge in [-0.2, -0.15) is 8.78 Å². The van der Waals surface area contributed by atoms with Crippen molar-refractivity contribution in [3.05, 3.63) is 23.8 Å². The minimum absolute atomic E-state index is 0.173. The van der Waals surface area contributed by atoms with Crippen molar-refractivity contribution in [2.24, 2.45) is 5.73 Å². The van der Waals surface area contributed by atoms with E-state index in [1.807, 2.05) is 18.7 Å². The molecule has 1 aromatic rings. The van der Waals surface area contributed by atoms with E-state index in [-0.39, 0.29) is 17.9 Å². The molecule has 7 heteroatoms. The minimum atomic E-state index is -3.91. The van der Waals surface area contributed by atoms with E-state index in [9.17, 15) is 18.7 Å². The smallest absolute Gasteiger partial charge is 0.379 e. The van der Waals surface area contributed by atoms with Crippen molar-refractivity contribution >= 4 is 11.7 Å². The van der Waals surface area contributed by atoms with Crippen LogP contribution in [0, 0.1) is 0 Å². The molecular weight excluding hydrogens is 294 g/mol. The monoisotopic (exact) mass is 316 g/mol. The van der Waals surface area contributed by atoms with Gasteiger partial charge in [-0.15, -0.1) is 0 Å². The highest BCUT2D eigenvalue weighted by atomic mass is 19.3. The summed E-state index contributed by atoms with van der Waals surface area (Å²) in [5, 5.41) is 9.98. The highest BCUT2D eigenvalue weighted by Crippen LogP contribution is 2.36. The Morgan fingerprint density at radius 3 is 2.41 bits per heavy atom. The van der Waals surface area contributed by atoms with Crippen molar-refractivity contribution in [2.75, 3.05) is 24.6 Å². The fraction of sp³-hybridized carbons (Fsp3) is 0.533. The molecule has 3 N–H and O–H groups in total. The molecule has 0 aliphatic heterocycles. The number of hydrogen-bond acceptors (Lipinski definition) is 5. The summed E-state index contributed by atoms with van der Waals surface area (Å²) in [6, 6.07) is 2.28. The van der Waals surface area contributed by atoms with Crippen molar-refractivity contribution < 1.29 is 23.4 Å². The average molecular weight is 316 g/mol. The fourth-order valence-electron chi connectivity index (χ4n) is 2.13. The largest absolute Gasteiger partial charge is 0.508 e. The van der Waals surface area contributed by atoms with Crippen LogP contribution in [0.15, 0.2) is 18.2 Å². The molecule has 124 valence electrons. The number of phenolic OH excluding ortho intramolecular Hbond substituents is 1. The summed E-state index contributed by atoms with van der Waals surface area (Å²) in [7, 11) is 0. The molecule has 0 radical (unpaired) electrons. The van der Waals surface area contributed by atoms with Gasteiger partial charge in [-0.25, -0.2) is 4.79 Å². The Bertz CT molecular complexity index is 520. The minimum Gasteiger partial charge on any atom is -0.508 e. The summed E-state index contributed by atoms with van der Waals surface area (Å²) in [4.78, 5) is 13.3. The summed E-state index contributed by atoms with van der Waals surface area (Å²) >= 11 is 0. The number of esters is 1. The van der Waals surface area contributed by atoms with E-state index < -0.39 is 17.9 Å². The molecule has 0 aliphatic rings. The highest BCUT2D eigenvalue weighted by molar-refractivity contribution is 5.79. The molecule has 0 heterocycles. The number of nitrogens with two attached hydrogens (primary N) is 1. The van der Waals surface area contributed by atoms with Crippen molar-refractivity contribution in [1.29, 1.82) is 0 Å². The predicted octanol–water partition coefficient (Wildman–Crippen LogP) is 2.44. The van der Waals surface area contributed by atoms with Gasteiger partial charge in [-0.05, 0) is 26.8 Å². The molecule has 5 nitrogen and oxygen atoms in total. The number of hydrogen-bond donors (Lipinski definition) is 2. The quantitative estimate of drug-likeness (QED) is 0.756. The van der Waals surface area contributed by atoms with Gasteiger partial charge in [0.15, 0.2) is 0 Å². The van der Waals surface area contributed by atoms with Crippen LogP contribution in [0.1, 0.15) is 32.4 Å². The third-order valence-electron chi connectivity index (χ3n) is 3.42. The number of nitrogens with zero attached hydrogens (tertiary/aromatic N) is 1. The SMILES string of the molecule is CCOC(=O)C(F)(F)[C@H](N)c1ccc(N(CC)CC)cc1O. The van der Waals surface area contributed by atoms with Gasteiger partial charge in [0.05, 0.1) is 6.61 Å². The number of anilines is 1. The average Bonchev–Trinajstić information content (AvgIpc) is 2.48. The lowest BCUT2D eigenvalue weighted by atomic mass is 9.99. The number of benzene rings is 1. The summed E-state index contributed by atoms with van der Waals surface area (Å²) in [5.41, 5.74) is 5.96. The van der Waals surface area contributed by atoms with Crippen molar-refractivity contribution in [3.8, 4) is 5.75 Å². The van der Waals surface area contributed by atoms with Crippen LogP contribution >= 0.6 is 0 Å². The zero-order valence-corrected chi connectivity index (χ0v) is 13.0. The molecule has 1 rings (SSSR count). The number of aromatic hydroxyl groups is 1. The first-order chi connectivity index (χ1) is 10.3. The number of ether oxygens (including phenoxy) is 1. The lowest BCUT2D eigenvalue weighted by Crippen LogP contribution is -2.41. The Labute approximate surface area is 128 Å². The van der Waals surface area contributed by atoms with Gasteiger partial charge >= 0.3 is 11.9 Å². The lowest BCUT2D eigenvalue weighted by Gasteiger charge is -2.25. The normalized spacial score (nSPS) is 12.8. The number of alkyl halides is 2. The van der Waals surface area contributed by atoms with Gasteiger partial charge in [0, 0.05) is 30.4 Å². The molecule has 1 atom stereocenters. The first kappa shape index (κ1) is 18.2. The molecule has 0 saturated carbocycles. The maximum absolute atomic E-state index is 13.9. The Balaban J connectivity index is 3.09. The first-order valence-corrected chi connectivity index (χ1v) is 7.17. The second-order valence-corrected chi connectivity index (χ2v) is 4.74. The summed E-state index contributed by atoms with van der Waals surface area (Å²) < 4.78 is 32.2.